The van der Waals surface area contributed by atoms with E-state index in [0.29, 0.717) is 12.8 Å². The van der Waals surface area contributed by atoms with Crippen LogP contribution in [0.15, 0.2) is 97.2 Å². The van der Waals surface area contributed by atoms with Crippen LogP contribution in [-0.4, -0.2) is 41.0 Å². The van der Waals surface area contributed by atoms with Gasteiger partial charge in [0, 0.05) is 12.8 Å². The number of phosphoric acid groups is 1. The summed E-state index contributed by atoms with van der Waals surface area (Å²) in [5, 5.41) is 0. The van der Waals surface area contributed by atoms with E-state index in [4.69, 9.17) is 19.3 Å². The molecule has 0 aliphatic rings. The van der Waals surface area contributed by atoms with E-state index in [0.717, 1.165) is 77.0 Å². The van der Waals surface area contributed by atoms with E-state index >= 15 is 0 Å². The van der Waals surface area contributed by atoms with Crippen molar-refractivity contribution in [3.8, 4) is 0 Å². The minimum absolute atomic E-state index is 0.0786. The third-order valence-corrected chi connectivity index (χ3v) is 8.09. The lowest BCUT2D eigenvalue weighted by Gasteiger charge is -2.18. The minimum atomic E-state index is -4.78. The number of phosphoric ester groups is 1. The molecule has 0 aromatic heterocycles. The maximum absolute atomic E-state index is 12.3. The van der Waals surface area contributed by atoms with Crippen molar-refractivity contribution in [3.05, 3.63) is 97.2 Å². The second-order valence-electron chi connectivity index (χ2n) is 12.5. The van der Waals surface area contributed by atoms with Crippen molar-refractivity contribution in [2.75, 3.05) is 13.2 Å². The first-order valence-electron chi connectivity index (χ1n) is 19.5. The molecule has 2 N–H and O–H groups in total. The summed E-state index contributed by atoms with van der Waals surface area (Å²) >= 11 is 0. The zero-order valence-electron chi connectivity index (χ0n) is 32.2. The van der Waals surface area contributed by atoms with Gasteiger partial charge in [-0.25, -0.2) is 4.57 Å². The maximum Gasteiger partial charge on any atom is 0.469 e. The Balaban J connectivity index is 4.14. The number of rotatable bonds is 34. The summed E-state index contributed by atoms with van der Waals surface area (Å²) in [6.45, 7) is 3.44. The molecule has 0 saturated carbocycles. The van der Waals surface area contributed by atoms with Crippen LogP contribution in [0, 0.1) is 0 Å². The van der Waals surface area contributed by atoms with Gasteiger partial charge in [0.05, 0.1) is 6.61 Å². The van der Waals surface area contributed by atoms with Gasteiger partial charge in [-0.05, 0) is 83.5 Å². The second-order valence-corrected chi connectivity index (χ2v) is 13.8. The molecule has 1 atom stereocenters. The minimum Gasteiger partial charge on any atom is -0.462 e. The van der Waals surface area contributed by atoms with Crippen molar-refractivity contribution in [3.63, 3.8) is 0 Å². The van der Waals surface area contributed by atoms with Crippen LogP contribution >= 0.6 is 7.82 Å². The number of hydrogen-bond donors (Lipinski definition) is 2. The Kier molecular flexibility index (Phi) is 35.5. The van der Waals surface area contributed by atoms with Gasteiger partial charge in [0.1, 0.15) is 6.61 Å². The Bertz CT molecular complexity index is 1160. The summed E-state index contributed by atoms with van der Waals surface area (Å²) in [5.41, 5.74) is 0. The number of carbonyl (C=O) groups excluding carboxylic acids is 2. The summed E-state index contributed by atoms with van der Waals surface area (Å²) in [7, 11) is -4.78. The SMILES string of the molecule is CC/C=C/C/C=C/C/C=C/CCCCCCCC(=O)OC[C@H](COP(=O)(O)O)OC(=O)CC/C=C/C/C=C/C/C=C/C/C=C/C/C=C/CCCCC. The van der Waals surface area contributed by atoms with Crippen LogP contribution in [0.1, 0.15) is 142 Å². The molecule has 0 aromatic rings. The molecule has 0 aliphatic heterocycles. The van der Waals surface area contributed by atoms with Gasteiger partial charge in [-0.15, -0.1) is 0 Å². The monoisotopic (exact) mass is 744 g/mol. The predicted molar refractivity (Wildman–Crippen MR) is 216 cm³/mol. The van der Waals surface area contributed by atoms with Gasteiger partial charge in [-0.2, -0.15) is 0 Å². The topological polar surface area (TPSA) is 119 Å². The van der Waals surface area contributed by atoms with E-state index in [2.05, 4.69) is 103 Å². The largest absolute Gasteiger partial charge is 0.469 e. The molecule has 0 saturated heterocycles. The summed E-state index contributed by atoms with van der Waals surface area (Å²) < 4.78 is 26.2. The second kappa shape index (κ2) is 37.7. The van der Waals surface area contributed by atoms with Crippen LogP contribution < -0.4 is 0 Å². The Hall–Kier alpha value is -3.03. The molecule has 0 rings (SSSR count). The Morgan fingerprint density at radius 1 is 0.519 bits per heavy atom. The molecule has 9 heteroatoms. The highest BCUT2D eigenvalue weighted by atomic mass is 31.2. The highest BCUT2D eigenvalue weighted by Gasteiger charge is 2.22. The quantitative estimate of drug-likeness (QED) is 0.0289. The van der Waals surface area contributed by atoms with Crippen LogP contribution in [0.5, 0.6) is 0 Å². The van der Waals surface area contributed by atoms with Crippen molar-refractivity contribution < 1.29 is 37.9 Å². The lowest BCUT2D eigenvalue weighted by atomic mass is 10.1. The van der Waals surface area contributed by atoms with Crippen LogP contribution in [0.4, 0.5) is 0 Å². The number of allylic oxidation sites excluding steroid dienone is 16. The average Bonchev–Trinajstić information content (AvgIpc) is 3.11. The van der Waals surface area contributed by atoms with Crippen LogP contribution in [0.2, 0.25) is 0 Å². The summed E-state index contributed by atoms with van der Waals surface area (Å²) in [6.07, 6.45) is 51.4. The first-order chi connectivity index (χ1) is 25.3. The van der Waals surface area contributed by atoms with Gasteiger partial charge in [0.2, 0.25) is 0 Å². The molecule has 0 aromatic carbocycles. The highest BCUT2D eigenvalue weighted by molar-refractivity contribution is 7.46. The fraction of sp³-hybridized carbons (Fsp3) is 0.581. The molecule has 8 nitrogen and oxygen atoms in total. The Morgan fingerprint density at radius 2 is 0.962 bits per heavy atom. The Morgan fingerprint density at radius 3 is 1.46 bits per heavy atom. The zero-order valence-corrected chi connectivity index (χ0v) is 33.1. The van der Waals surface area contributed by atoms with Gasteiger partial charge >= 0.3 is 19.8 Å². The van der Waals surface area contributed by atoms with E-state index in [1.165, 1.54) is 25.7 Å². The number of hydrogen-bond acceptors (Lipinski definition) is 6. The van der Waals surface area contributed by atoms with Crippen LogP contribution in [-0.2, 0) is 28.2 Å². The number of esters is 2. The maximum atomic E-state index is 12.3. The molecule has 0 spiro atoms. The number of unbranched alkanes of at least 4 members (excludes halogenated alkanes) is 8. The first kappa shape index (κ1) is 49.0. The van der Waals surface area contributed by atoms with E-state index in [9.17, 15) is 14.2 Å². The molecule has 0 fully saturated rings. The molecular formula is C43H69O8P. The zero-order chi connectivity index (χ0) is 38.2. The van der Waals surface area contributed by atoms with Gasteiger partial charge in [-0.3, -0.25) is 14.1 Å². The third-order valence-electron chi connectivity index (χ3n) is 7.60. The van der Waals surface area contributed by atoms with Crippen molar-refractivity contribution in [1.82, 2.24) is 0 Å². The van der Waals surface area contributed by atoms with E-state index in [-0.39, 0.29) is 19.4 Å². The van der Waals surface area contributed by atoms with E-state index in [1.807, 2.05) is 12.2 Å². The molecule has 0 radical (unpaired) electrons. The number of ether oxygens (including phenoxy) is 2. The molecule has 294 valence electrons. The van der Waals surface area contributed by atoms with Gasteiger partial charge in [0.15, 0.2) is 6.10 Å². The third kappa shape index (κ3) is 39.8. The first-order valence-corrected chi connectivity index (χ1v) is 21.1. The van der Waals surface area contributed by atoms with Crippen molar-refractivity contribution >= 4 is 19.8 Å². The number of carbonyl (C=O) groups is 2. The predicted octanol–water partition coefficient (Wildman–Crippen LogP) is 11.8. The molecule has 0 amide bonds. The molecule has 0 unspecified atom stereocenters. The van der Waals surface area contributed by atoms with Crippen LogP contribution in [0.25, 0.3) is 0 Å². The highest BCUT2D eigenvalue weighted by Crippen LogP contribution is 2.35. The summed E-state index contributed by atoms with van der Waals surface area (Å²) in [4.78, 5) is 42.7. The fourth-order valence-corrected chi connectivity index (χ4v) is 5.08. The molecular weight excluding hydrogens is 675 g/mol. The molecule has 0 heterocycles. The average molecular weight is 745 g/mol. The van der Waals surface area contributed by atoms with Crippen molar-refractivity contribution in [2.45, 2.75) is 148 Å². The van der Waals surface area contributed by atoms with Gasteiger partial charge in [-0.1, -0.05) is 143 Å². The normalized spacial score (nSPS) is 13.5. The molecule has 52 heavy (non-hydrogen) atoms. The Labute approximate surface area is 315 Å². The van der Waals surface area contributed by atoms with Crippen molar-refractivity contribution in [1.29, 1.82) is 0 Å². The lowest BCUT2D eigenvalue weighted by Crippen LogP contribution is -2.29. The molecule has 0 bridgehead atoms. The summed E-state index contributed by atoms with van der Waals surface area (Å²) in [6, 6.07) is 0. The standard InChI is InChI=1S/C43H69O8P/c1-3-5-7-9-11-13-15-17-19-20-21-22-24-26-28-30-32-34-36-38-43(45)51-41(40-50-52(46,47)48)39-49-42(44)37-35-33-31-29-27-25-23-18-16-14-12-10-8-6-4-2/h6,8,11-14,17-19,21-23,26,28,32,34,41H,3-5,7,9-10,15-16,20,24-25,27,29-31,33,35-40H2,1-2H3,(H2,46,47,48)/b8-6+,13-11+,14-12+,19-17+,22-21+,23-18+,28-26+,34-32+/t41-/m1/s1. The van der Waals surface area contributed by atoms with E-state index in [1.54, 1.807) is 0 Å². The lowest BCUT2D eigenvalue weighted by molar-refractivity contribution is -0.161. The van der Waals surface area contributed by atoms with Crippen molar-refractivity contribution in [2.24, 2.45) is 0 Å². The van der Waals surface area contributed by atoms with Crippen LogP contribution in [0.3, 0.4) is 0 Å². The fourth-order valence-electron chi connectivity index (χ4n) is 4.72. The summed E-state index contributed by atoms with van der Waals surface area (Å²) in [5.74, 6) is -1.01. The van der Waals surface area contributed by atoms with E-state index < -0.39 is 32.5 Å². The molecule has 0 aliphatic carbocycles. The van der Waals surface area contributed by atoms with Gasteiger partial charge < -0.3 is 19.3 Å². The van der Waals surface area contributed by atoms with Gasteiger partial charge in [0.25, 0.3) is 0 Å². The smallest absolute Gasteiger partial charge is 0.462 e.